The highest BCUT2D eigenvalue weighted by Gasteiger charge is 2.02. The predicted molar refractivity (Wildman–Crippen MR) is 77.0 cm³/mol. The first-order chi connectivity index (χ1) is 8.61. The summed E-state index contributed by atoms with van der Waals surface area (Å²) in [6.07, 6.45) is 2.40. The Kier molecular flexibility index (Phi) is 6.43. The van der Waals surface area contributed by atoms with Gasteiger partial charge in [0.05, 0.1) is 0 Å². The minimum atomic E-state index is -0.110. The van der Waals surface area contributed by atoms with E-state index < -0.39 is 0 Å². The van der Waals surface area contributed by atoms with Gasteiger partial charge in [0.1, 0.15) is 0 Å². The summed E-state index contributed by atoms with van der Waals surface area (Å²) in [5, 5.41) is 6.41. The standard InChI is InChI=1S/C13H17BrN2O2/c1-10(17)15-11-5-7-12(8-6-11)16-13(18)4-2-3-9-14/h5-8H,2-4,9H2,1H3,(H,15,17)(H,16,18). The van der Waals surface area contributed by atoms with Crippen LogP contribution in [0.25, 0.3) is 0 Å². The van der Waals surface area contributed by atoms with Gasteiger partial charge >= 0.3 is 0 Å². The van der Waals surface area contributed by atoms with Crippen LogP contribution < -0.4 is 10.6 Å². The minimum absolute atomic E-state index is 0.0169. The summed E-state index contributed by atoms with van der Waals surface area (Å²) >= 11 is 3.33. The molecule has 0 atom stereocenters. The van der Waals surface area contributed by atoms with Crippen LogP contribution in [-0.2, 0) is 9.59 Å². The molecule has 0 aliphatic rings. The predicted octanol–water partition coefficient (Wildman–Crippen LogP) is 3.15. The molecule has 0 bridgehead atoms. The highest BCUT2D eigenvalue weighted by atomic mass is 79.9. The number of carbonyl (C=O) groups excluding carboxylic acids is 2. The molecular formula is C13H17BrN2O2. The second kappa shape index (κ2) is 7.87. The summed E-state index contributed by atoms with van der Waals surface area (Å²) in [4.78, 5) is 22.4. The van der Waals surface area contributed by atoms with E-state index in [1.54, 1.807) is 24.3 Å². The number of unbranched alkanes of at least 4 members (excludes halogenated alkanes) is 1. The van der Waals surface area contributed by atoms with E-state index in [1.807, 2.05) is 0 Å². The van der Waals surface area contributed by atoms with E-state index in [2.05, 4.69) is 26.6 Å². The first kappa shape index (κ1) is 14.7. The van der Waals surface area contributed by atoms with E-state index in [1.165, 1.54) is 6.92 Å². The molecule has 0 saturated heterocycles. The second-order valence-corrected chi connectivity index (χ2v) is 4.75. The summed E-state index contributed by atoms with van der Waals surface area (Å²) in [5.41, 5.74) is 1.47. The lowest BCUT2D eigenvalue weighted by atomic mass is 10.2. The molecule has 0 aliphatic carbocycles. The molecule has 1 aromatic carbocycles. The van der Waals surface area contributed by atoms with Crippen molar-refractivity contribution >= 4 is 39.1 Å². The van der Waals surface area contributed by atoms with E-state index >= 15 is 0 Å². The number of rotatable bonds is 6. The number of anilines is 2. The van der Waals surface area contributed by atoms with Gasteiger partial charge in [-0.05, 0) is 37.1 Å². The monoisotopic (exact) mass is 312 g/mol. The SMILES string of the molecule is CC(=O)Nc1ccc(NC(=O)CCCCBr)cc1. The Labute approximate surface area is 115 Å². The Bertz CT molecular complexity index is 404. The molecule has 0 fully saturated rings. The molecule has 0 radical (unpaired) electrons. The van der Waals surface area contributed by atoms with Crippen LogP contribution in [0.5, 0.6) is 0 Å². The van der Waals surface area contributed by atoms with Gasteiger partial charge in [0.15, 0.2) is 0 Å². The second-order valence-electron chi connectivity index (χ2n) is 3.95. The Morgan fingerprint density at radius 2 is 1.61 bits per heavy atom. The van der Waals surface area contributed by atoms with Crippen molar-refractivity contribution < 1.29 is 9.59 Å². The number of hydrogen-bond donors (Lipinski definition) is 2. The third-order valence-corrected chi connectivity index (χ3v) is 2.84. The molecule has 0 spiro atoms. The zero-order chi connectivity index (χ0) is 13.4. The first-order valence-electron chi connectivity index (χ1n) is 5.85. The molecule has 1 aromatic rings. The third kappa shape index (κ3) is 5.82. The third-order valence-electron chi connectivity index (χ3n) is 2.28. The van der Waals surface area contributed by atoms with Crippen molar-refractivity contribution in [3.63, 3.8) is 0 Å². The Hall–Kier alpha value is -1.36. The molecule has 1 rings (SSSR count). The van der Waals surface area contributed by atoms with Crippen LogP contribution in [0.2, 0.25) is 0 Å². The van der Waals surface area contributed by atoms with Gasteiger partial charge in [0.2, 0.25) is 11.8 Å². The number of amides is 2. The molecule has 4 nitrogen and oxygen atoms in total. The van der Waals surface area contributed by atoms with Crippen molar-refractivity contribution in [3.8, 4) is 0 Å². The largest absolute Gasteiger partial charge is 0.326 e. The van der Waals surface area contributed by atoms with E-state index in [0.29, 0.717) is 6.42 Å². The van der Waals surface area contributed by atoms with Crippen LogP contribution in [-0.4, -0.2) is 17.1 Å². The van der Waals surface area contributed by atoms with Crippen molar-refractivity contribution in [2.75, 3.05) is 16.0 Å². The van der Waals surface area contributed by atoms with Crippen molar-refractivity contribution in [2.24, 2.45) is 0 Å². The maximum absolute atomic E-state index is 11.6. The van der Waals surface area contributed by atoms with E-state index in [9.17, 15) is 9.59 Å². The highest BCUT2D eigenvalue weighted by molar-refractivity contribution is 9.09. The average molecular weight is 313 g/mol. The van der Waals surface area contributed by atoms with Gasteiger partial charge < -0.3 is 10.6 Å². The van der Waals surface area contributed by atoms with E-state index in [0.717, 1.165) is 29.5 Å². The van der Waals surface area contributed by atoms with Gasteiger partial charge in [-0.1, -0.05) is 15.9 Å². The minimum Gasteiger partial charge on any atom is -0.326 e. The molecule has 5 heteroatoms. The summed E-state index contributed by atoms with van der Waals surface area (Å²) in [7, 11) is 0. The number of halogens is 1. The fourth-order valence-electron chi connectivity index (χ4n) is 1.44. The fourth-order valence-corrected chi connectivity index (χ4v) is 1.84. The highest BCUT2D eigenvalue weighted by Crippen LogP contribution is 2.14. The van der Waals surface area contributed by atoms with Gasteiger partial charge in [0.25, 0.3) is 0 Å². The van der Waals surface area contributed by atoms with Gasteiger partial charge in [-0.25, -0.2) is 0 Å². The number of benzene rings is 1. The molecule has 0 aromatic heterocycles. The first-order valence-corrected chi connectivity index (χ1v) is 6.97. The molecule has 0 unspecified atom stereocenters. The maximum Gasteiger partial charge on any atom is 0.224 e. The molecule has 0 saturated carbocycles. The van der Waals surface area contributed by atoms with Crippen LogP contribution in [0.15, 0.2) is 24.3 Å². The topological polar surface area (TPSA) is 58.2 Å². The van der Waals surface area contributed by atoms with Crippen LogP contribution in [0.3, 0.4) is 0 Å². The van der Waals surface area contributed by atoms with E-state index in [-0.39, 0.29) is 11.8 Å². The molecule has 2 N–H and O–H groups in total. The van der Waals surface area contributed by atoms with Crippen molar-refractivity contribution in [3.05, 3.63) is 24.3 Å². The number of hydrogen-bond acceptors (Lipinski definition) is 2. The lowest BCUT2D eigenvalue weighted by Gasteiger charge is -2.06. The van der Waals surface area contributed by atoms with Crippen LogP contribution >= 0.6 is 15.9 Å². The van der Waals surface area contributed by atoms with Gasteiger partial charge in [0, 0.05) is 30.0 Å². The molecule has 18 heavy (non-hydrogen) atoms. The zero-order valence-electron chi connectivity index (χ0n) is 10.3. The number of alkyl halides is 1. The quantitative estimate of drug-likeness (QED) is 0.626. The van der Waals surface area contributed by atoms with Crippen molar-refractivity contribution in [2.45, 2.75) is 26.2 Å². The Morgan fingerprint density at radius 3 is 2.11 bits per heavy atom. The average Bonchev–Trinajstić information content (AvgIpc) is 2.31. The molecule has 2 amide bonds. The molecule has 0 heterocycles. The molecule has 0 aliphatic heterocycles. The number of nitrogens with one attached hydrogen (secondary N) is 2. The van der Waals surface area contributed by atoms with Crippen LogP contribution in [0.4, 0.5) is 11.4 Å². The summed E-state index contributed by atoms with van der Waals surface area (Å²) < 4.78 is 0. The summed E-state index contributed by atoms with van der Waals surface area (Å²) in [6, 6.07) is 7.06. The maximum atomic E-state index is 11.6. The van der Waals surface area contributed by atoms with Crippen molar-refractivity contribution in [1.82, 2.24) is 0 Å². The van der Waals surface area contributed by atoms with Crippen LogP contribution in [0, 0.1) is 0 Å². The number of carbonyl (C=O) groups is 2. The zero-order valence-corrected chi connectivity index (χ0v) is 11.9. The van der Waals surface area contributed by atoms with Gasteiger partial charge in [-0.15, -0.1) is 0 Å². The molecular weight excluding hydrogens is 296 g/mol. The molecule has 98 valence electrons. The smallest absolute Gasteiger partial charge is 0.224 e. The lowest BCUT2D eigenvalue weighted by Crippen LogP contribution is -2.11. The fraction of sp³-hybridized carbons (Fsp3) is 0.385. The normalized spacial score (nSPS) is 9.89. The lowest BCUT2D eigenvalue weighted by molar-refractivity contribution is -0.116. The summed E-state index contributed by atoms with van der Waals surface area (Å²) in [5.74, 6) is -0.0928. The van der Waals surface area contributed by atoms with Crippen molar-refractivity contribution in [1.29, 1.82) is 0 Å². The van der Waals surface area contributed by atoms with Crippen LogP contribution in [0.1, 0.15) is 26.2 Å². The summed E-state index contributed by atoms with van der Waals surface area (Å²) in [6.45, 7) is 1.46. The Balaban J connectivity index is 2.43. The Morgan fingerprint density at radius 1 is 1.06 bits per heavy atom. The van der Waals surface area contributed by atoms with Gasteiger partial charge in [-0.2, -0.15) is 0 Å². The van der Waals surface area contributed by atoms with Gasteiger partial charge in [-0.3, -0.25) is 9.59 Å². The van der Waals surface area contributed by atoms with E-state index in [4.69, 9.17) is 0 Å².